The molecule has 1 saturated carbocycles. The highest BCUT2D eigenvalue weighted by Crippen LogP contribution is 2.67. The fraction of sp³-hybridized carbons (Fsp3) is 0.909. The fourth-order valence-electron chi connectivity index (χ4n) is 7.18. The van der Waals surface area contributed by atoms with Gasteiger partial charge in [-0.25, -0.2) is 0 Å². The molecule has 4 unspecified atom stereocenters. The van der Waals surface area contributed by atoms with E-state index in [1.54, 1.807) is 0 Å². The summed E-state index contributed by atoms with van der Waals surface area (Å²) < 4.78 is 0. The van der Waals surface area contributed by atoms with Crippen molar-refractivity contribution in [1.29, 1.82) is 0 Å². The van der Waals surface area contributed by atoms with Gasteiger partial charge in [-0.15, -0.1) is 0 Å². The quantitative estimate of drug-likeness (QED) is 0.486. The van der Waals surface area contributed by atoms with E-state index >= 15 is 0 Å². The Bertz CT molecular complexity index is 435. The van der Waals surface area contributed by atoms with Gasteiger partial charge in [0.15, 0.2) is 0 Å². The van der Waals surface area contributed by atoms with Crippen molar-refractivity contribution in [3.63, 3.8) is 0 Å². The van der Waals surface area contributed by atoms with Crippen LogP contribution in [-0.4, -0.2) is 0 Å². The monoisotopic (exact) mass is 302 g/mol. The number of fused-ring (bicyclic) bond motifs is 3. The zero-order chi connectivity index (χ0) is 16.0. The molecule has 2 bridgehead atoms. The van der Waals surface area contributed by atoms with E-state index in [0.29, 0.717) is 10.8 Å². The maximum absolute atomic E-state index is 2.55. The van der Waals surface area contributed by atoms with Crippen molar-refractivity contribution in [3.05, 3.63) is 11.1 Å². The first kappa shape index (κ1) is 16.6. The highest BCUT2D eigenvalue weighted by atomic mass is 14.6. The molecule has 0 aliphatic heterocycles. The van der Waals surface area contributed by atoms with Crippen molar-refractivity contribution in [2.75, 3.05) is 0 Å². The number of allylic oxidation sites excluding steroid dienone is 2. The summed E-state index contributed by atoms with van der Waals surface area (Å²) in [5.41, 5.74) is 4.95. The molecule has 3 aliphatic carbocycles. The van der Waals surface area contributed by atoms with Gasteiger partial charge in [-0.05, 0) is 80.0 Å². The summed E-state index contributed by atoms with van der Waals surface area (Å²) >= 11 is 0. The molecule has 0 amide bonds. The molecular weight excluding hydrogens is 264 g/mol. The van der Waals surface area contributed by atoms with Crippen LogP contribution < -0.4 is 0 Å². The normalized spacial score (nSPS) is 38.9. The third-order valence-corrected chi connectivity index (χ3v) is 7.78. The summed E-state index contributed by atoms with van der Waals surface area (Å²) in [6.45, 7) is 12.6. The lowest BCUT2D eigenvalue weighted by Gasteiger charge is -2.64. The molecule has 4 atom stereocenters. The zero-order valence-corrected chi connectivity index (χ0v) is 15.8. The van der Waals surface area contributed by atoms with E-state index in [0.717, 1.165) is 17.8 Å². The van der Waals surface area contributed by atoms with Gasteiger partial charge in [-0.1, -0.05) is 58.6 Å². The van der Waals surface area contributed by atoms with Crippen LogP contribution >= 0.6 is 0 Å². The molecule has 0 nitrogen and oxygen atoms in total. The Hall–Kier alpha value is -0.260. The third kappa shape index (κ3) is 2.23. The lowest BCUT2D eigenvalue weighted by molar-refractivity contribution is -0.0979. The third-order valence-electron chi connectivity index (χ3n) is 7.78. The SMILES string of the molecule is CCCC1C2=C(CCCC2)C2CCCC1C2(CC)C(C)(C)C. The molecule has 0 heteroatoms. The maximum atomic E-state index is 2.55. The second-order valence-corrected chi connectivity index (χ2v) is 9.39. The van der Waals surface area contributed by atoms with Crippen LogP contribution in [0.5, 0.6) is 0 Å². The predicted octanol–water partition coefficient (Wildman–Crippen LogP) is 7.15. The Morgan fingerprint density at radius 3 is 2.23 bits per heavy atom. The molecule has 1 fully saturated rings. The fourth-order valence-corrected chi connectivity index (χ4v) is 7.18. The van der Waals surface area contributed by atoms with Gasteiger partial charge in [0.2, 0.25) is 0 Å². The Balaban J connectivity index is 2.15. The Labute approximate surface area is 139 Å². The summed E-state index contributed by atoms with van der Waals surface area (Å²) in [7, 11) is 0. The molecule has 0 aromatic carbocycles. The maximum Gasteiger partial charge on any atom is -0.0136 e. The molecule has 0 aromatic rings. The highest BCUT2D eigenvalue weighted by molar-refractivity contribution is 5.32. The Morgan fingerprint density at radius 1 is 0.955 bits per heavy atom. The van der Waals surface area contributed by atoms with Gasteiger partial charge in [0.1, 0.15) is 0 Å². The molecule has 0 radical (unpaired) electrons. The van der Waals surface area contributed by atoms with Crippen molar-refractivity contribution >= 4 is 0 Å². The van der Waals surface area contributed by atoms with Crippen molar-refractivity contribution in [2.45, 2.75) is 98.8 Å². The van der Waals surface area contributed by atoms with E-state index in [2.05, 4.69) is 34.6 Å². The van der Waals surface area contributed by atoms with Crippen molar-refractivity contribution in [3.8, 4) is 0 Å². The van der Waals surface area contributed by atoms with E-state index in [1.807, 2.05) is 11.1 Å². The van der Waals surface area contributed by atoms with E-state index in [-0.39, 0.29) is 0 Å². The number of hydrogen-bond donors (Lipinski definition) is 0. The largest absolute Gasteiger partial charge is 0.0673 e. The molecule has 0 spiro atoms. The van der Waals surface area contributed by atoms with Crippen LogP contribution in [0.4, 0.5) is 0 Å². The van der Waals surface area contributed by atoms with Crippen LogP contribution in [0.15, 0.2) is 11.1 Å². The average molecular weight is 303 g/mol. The van der Waals surface area contributed by atoms with Crippen molar-refractivity contribution < 1.29 is 0 Å². The Morgan fingerprint density at radius 2 is 1.64 bits per heavy atom. The first-order valence-corrected chi connectivity index (χ1v) is 10.2. The lowest BCUT2D eigenvalue weighted by Crippen LogP contribution is -2.56. The number of hydrogen-bond acceptors (Lipinski definition) is 0. The molecule has 0 saturated heterocycles. The zero-order valence-electron chi connectivity index (χ0n) is 15.8. The molecule has 126 valence electrons. The van der Waals surface area contributed by atoms with Crippen LogP contribution in [0.2, 0.25) is 0 Å². The van der Waals surface area contributed by atoms with E-state index in [1.165, 1.54) is 64.2 Å². The minimum atomic E-state index is 0.444. The number of rotatable bonds is 3. The van der Waals surface area contributed by atoms with Gasteiger partial charge in [-0.3, -0.25) is 0 Å². The molecule has 0 aromatic heterocycles. The summed E-state index contributed by atoms with van der Waals surface area (Å²) in [4.78, 5) is 0. The molecule has 0 N–H and O–H groups in total. The summed E-state index contributed by atoms with van der Waals surface area (Å²) in [6, 6.07) is 0. The predicted molar refractivity (Wildman–Crippen MR) is 96.9 cm³/mol. The van der Waals surface area contributed by atoms with Crippen LogP contribution in [-0.2, 0) is 0 Å². The second-order valence-electron chi connectivity index (χ2n) is 9.39. The minimum absolute atomic E-state index is 0.444. The van der Waals surface area contributed by atoms with Gasteiger partial charge in [-0.2, -0.15) is 0 Å². The summed E-state index contributed by atoms with van der Waals surface area (Å²) in [5.74, 6) is 2.81. The van der Waals surface area contributed by atoms with E-state index in [4.69, 9.17) is 0 Å². The minimum Gasteiger partial charge on any atom is -0.0673 e. The molecule has 3 aliphatic rings. The first-order valence-electron chi connectivity index (χ1n) is 10.2. The molecule has 3 rings (SSSR count). The van der Waals surface area contributed by atoms with Crippen LogP contribution in [0.3, 0.4) is 0 Å². The molecular formula is C22H38. The van der Waals surface area contributed by atoms with Gasteiger partial charge >= 0.3 is 0 Å². The average Bonchev–Trinajstić information content (AvgIpc) is 2.49. The van der Waals surface area contributed by atoms with Gasteiger partial charge < -0.3 is 0 Å². The van der Waals surface area contributed by atoms with Gasteiger partial charge in [0.05, 0.1) is 0 Å². The van der Waals surface area contributed by atoms with Crippen LogP contribution in [0.1, 0.15) is 98.8 Å². The Kier molecular flexibility index (Phi) is 4.52. The standard InChI is InChI=1S/C22H38/c1-6-11-17-16-12-8-9-13-18(16)20-15-10-14-19(17)22(20,7-2)21(3,4)5/h17,19-20H,6-15H2,1-5H3. The lowest BCUT2D eigenvalue weighted by atomic mass is 9.41. The van der Waals surface area contributed by atoms with E-state index in [9.17, 15) is 0 Å². The summed E-state index contributed by atoms with van der Waals surface area (Å²) in [6.07, 6.45) is 14.5. The molecule has 22 heavy (non-hydrogen) atoms. The van der Waals surface area contributed by atoms with Crippen LogP contribution in [0, 0.1) is 28.6 Å². The van der Waals surface area contributed by atoms with Gasteiger partial charge in [0.25, 0.3) is 0 Å². The topological polar surface area (TPSA) is 0 Å². The summed E-state index contributed by atoms with van der Waals surface area (Å²) in [5, 5.41) is 0. The van der Waals surface area contributed by atoms with Gasteiger partial charge in [0, 0.05) is 0 Å². The van der Waals surface area contributed by atoms with Crippen LogP contribution in [0.25, 0.3) is 0 Å². The smallest absolute Gasteiger partial charge is 0.0136 e. The molecule has 0 heterocycles. The van der Waals surface area contributed by atoms with Crippen molar-refractivity contribution in [2.24, 2.45) is 28.6 Å². The first-order chi connectivity index (χ1) is 10.5. The van der Waals surface area contributed by atoms with E-state index < -0.39 is 0 Å². The highest BCUT2D eigenvalue weighted by Gasteiger charge is 2.59. The second kappa shape index (κ2) is 5.99. The van der Waals surface area contributed by atoms with Crippen molar-refractivity contribution in [1.82, 2.24) is 0 Å².